The quantitative estimate of drug-likeness (QED) is 0.841. The molecular formula is C17H19NO. The largest absolute Gasteiger partial charge is 0.382 e. The number of benzene rings is 2. The number of ether oxygens (including phenoxy) is 1. The Bertz CT molecular complexity index is 520. The van der Waals surface area contributed by atoms with E-state index >= 15 is 0 Å². The van der Waals surface area contributed by atoms with E-state index in [9.17, 15) is 0 Å². The highest BCUT2D eigenvalue weighted by atomic mass is 16.5. The first-order chi connectivity index (χ1) is 9.38. The van der Waals surface area contributed by atoms with E-state index in [4.69, 9.17) is 4.74 Å². The van der Waals surface area contributed by atoms with E-state index in [1.165, 1.54) is 11.1 Å². The van der Waals surface area contributed by atoms with Gasteiger partial charge >= 0.3 is 0 Å². The van der Waals surface area contributed by atoms with E-state index in [2.05, 4.69) is 47.8 Å². The number of nitrogens with one attached hydrogen (secondary N) is 1. The SMILES string of the molecule is COCc1cccc(NCC=Cc2ccccc2)c1. The van der Waals surface area contributed by atoms with Crippen LogP contribution in [0.25, 0.3) is 6.08 Å². The van der Waals surface area contributed by atoms with Gasteiger partial charge in [-0.05, 0) is 23.3 Å². The fraction of sp³-hybridized carbons (Fsp3) is 0.176. The molecule has 0 saturated carbocycles. The van der Waals surface area contributed by atoms with Crippen LogP contribution < -0.4 is 5.32 Å². The maximum absolute atomic E-state index is 5.12. The van der Waals surface area contributed by atoms with Gasteiger partial charge in [0.25, 0.3) is 0 Å². The predicted octanol–water partition coefficient (Wildman–Crippen LogP) is 3.96. The first-order valence-electron chi connectivity index (χ1n) is 6.42. The lowest BCUT2D eigenvalue weighted by atomic mass is 10.2. The first-order valence-corrected chi connectivity index (χ1v) is 6.42. The molecule has 0 amide bonds. The molecule has 2 heteroatoms. The lowest BCUT2D eigenvalue weighted by molar-refractivity contribution is 0.185. The van der Waals surface area contributed by atoms with Gasteiger partial charge in [0.1, 0.15) is 0 Å². The van der Waals surface area contributed by atoms with Crippen LogP contribution in [0.1, 0.15) is 11.1 Å². The van der Waals surface area contributed by atoms with E-state index in [-0.39, 0.29) is 0 Å². The zero-order chi connectivity index (χ0) is 13.3. The number of hydrogen-bond donors (Lipinski definition) is 1. The van der Waals surface area contributed by atoms with Crippen LogP contribution in [-0.2, 0) is 11.3 Å². The summed E-state index contributed by atoms with van der Waals surface area (Å²) in [6, 6.07) is 18.6. The van der Waals surface area contributed by atoms with Crippen LogP contribution >= 0.6 is 0 Å². The summed E-state index contributed by atoms with van der Waals surface area (Å²) in [5, 5.41) is 3.37. The highest BCUT2D eigenvalue weighted by Gasteiger charge is 1.93. The summed E-state index contributed by atoms with van der Waals surface area (Å²) in [5.74, 6) is 0. The second-order valence-electron chi connectivity index (χ2n) is 4.33. The Morgan fingerprint density at radius 3 is 2.68 bits per heavy atom. The lowest BCUT2D eigenvalue weighted by Gasteiger charge is -2.05. The van der Waals surface area contributed by atoms with Crippen molar-refractivity contribution in [3.63, 3.8) is 0 Å². The minimum atomic E-state index is 0.648. The van der Waals surface area contributed by atoms with Gasteiger partial charge in [0.2, 0.25) is 0 Å². The summed E-state index contributed by atoms with van der Waals surface area (Å²) in [6.45, 7) is 1.46. The van der Waals surface area contributed by atoms with E-state index in [1.807, 2.05) is 24.3 Å². The summed E-state index contributed by atoms with van der Waals surface area (Å²) in [4.78, 5) is 0. The number of hydrogen-bond acceptors (Lipinski definition) is 2. The van der Waals surface area contributed by atoms with E-state index in [1.54, 1.807) is 7.11 Å². The van der Waals surface area contributed by atoms with Crippen molar-refractivity contribution in [2.75, 3.05) is 19.0 Å². The van der Waals surface area contributed by atoms with Crippen LogP contribution in [0.5, 0.6) is 0 Å². The van der Waals surface area contributed by atoms with Crippen molar-refractivity contribution < 1.29 is 4.74 Å². The molecule has 0 aliphatic heterocycles. The van der Waals surface area contributed by atoms with Crippen molar-refractivity contribution in [1.82, 2.24) is 0 Å². The molecule has 0 aliphatic rings. The van der Waals surface area contributed by atoms with Gasteiger partial charge in [0, 0.05) is 19.3 Å². The van der Waals surface area contributed by atoms with Gasteiger partial charge in [-0.25, -0.2) is 0 Å². The molecule has 2 nitrogen and oxygen atoms in total. The van der Waals surface area contributed by atoms with Crippen LogP contribution in [-0.4, -0.2) is 13.7 Å². The Hall–Kier alpha value is -2.06. The monoisotopic (exact) mass is 253 g/mol. The third-order valence-electron chi connectivity index (χ3n) is 2.77. The minimum Gasteiger partial charge on any atom is -0.382 e. The Morgan fingerprint density at radius 2 is 1.89 bits per heavy atom. The fourth-order valence-corrected chi connectivity index (χ4v) is 1.87. The minimum absolute atomic E-state index is 0.648. The molecule has 0 heterocycles. The highest BCUT2D eigenvalue weighted by molar-refractivity contribution is 5.51. The van der Waals surface area contributed by atoms with Crippen molar-refractivity contribution in [3.05, 3.63) is 71.8 Å². The van der Waals surface area contributed by atoms with Gasteiger partial charge in [0.05, 0.1) is 6.61 Å². The average Bonchev–Trinajstić information content (AvgIpc) is 2.46. The summed E-state index contributed by atoms with van der Waals surface area (Å²) in [7, 11) is 1.71. The first kappa shape index (κ1) is 13.4. The molecule has 98 valence electrons. The summed E-state index contributed by atoms with van der Waals surface area (Å²) in [6.07, 6.45) is 4.24. The maximum Gasteiger partial charge on any atom is 0.0713 e. The van der Waals surface area contributed by atoms with Crippen molar-refractivity contribution in [2.24, 2.45) is 0 Å². The zero-order valence-corrected chi connectivity index (χ0v) is 11.2. The van der Waals surface area contributed by atoms with Crippen LogP contribution in [0.15, 0.2) is 60.7 Å². The van der Waals surface area contributed by atoms with Crippen molar-refractivity contribution >= 4 is 11.8 Å². The predicted molar refractivity (Wildman–Crippen MR) is 81.1 cm³/mol. The molecule has 1 N–H and O–H groups in total. The van der Waals surface area contributed by atoms with Gasteiger partial charge in [-0.2, -0.15) is 0 Å². The Morgan fingerprint density at radius 1 is 1.05 bits per heavy atom. The third-order valence-corrected chi connectivity index (χ3v) is 2.77. The summed E-state index contributed by atoms with van der Waals surface area (Å²) >= 11 is 0. The maximum atomic E-state index is 5.12. The third kappa shape index (κ3) is 4.60. The van der Waals surface area contributed by atoms with Crippen LogP contribution in [0, 0.1) is 0 Å². The molecule has 2 rings (SSSR count). The molecule has 0 aromatic heterocycles. The van der Waals surface area contributed by atoms with E-state index in [0.717, 1.165) is 12.2 Å². The van der Waals surface area contributed by atoms with Gasteiger partial charge in [0.15, 0.2) is 0 Å². The molecule has 2 aromatic rings. The average molecular weight is 253 g/mol. The molecule has 0 aliphatic carbocycles. The number of rotatable bonds is 6. The van der Waals surface area contributed by atoms with Crippen LogP contribution in [0.4, 0.5) is 5.69 Å². The second kappa shape index (κ2) is 7.39. The number of methoxy groups -OCH3 is 1. The van der Waals surface area contributed by atoms with E-state index < -0.39 is 0 Å². The standard InChI is InChI=1S/C17H19NO/c1-19-14-16-9-5-11-17(13-16)18-12-6-10-15-7-3-2-4-8-15/h2-11,13,18H,12,14H2,1H3. The molecule has 2 aromatic carbocycles. The molecule has 0 bridgehead atoms. The van der Waals surface area contributed by atoms with Gasteiger partial charge in [-0.3, -0.25) is 0 Å². The van der Waals surface area contributed by atoms with Crippen molar-refractivity contribution in [2.45, 2.75) is 6.61 Å². The summed E-state index contributed by atoms with van der Waals surface area (Å²) in [5.41, 5.74) is 3.52. The molecule has 0 spiro atoms. The van der Waals surface area contributed by atoms with Crippen molar-refractivity contribution in [1.29, 1.82) is 0 Å². The molecule has 0 saturated heterocycles. The van der Waals surface area contributed by atoms with Gasteiger partial charge < -0.3 is 10.1 Å². The molecular weight excluding hydrogens is 234 g/mol. The Kier molecular flexibility index (Phi) is 5.20. The van der Waals surface area contributed by atoms with Crippen LogP contribution in [0.3, 0.4) is 0 Å². The van der Waals surface area contributed by atoms with Gasteiger partial charge in [-0.15, -0.1) is 0 Å². The Balaban J connectivity index is 1.85. The lowest BCUT2D eigenvalue weighted by Crippen LogP contribution is -1.98. The Labute approximate surface area is 114 Å². The van der Waals surface area contributed by atoms with E-state index in [0.29, 0.717) is 6.61 Å². The smallest absolute Gasteiger partial charge is 0.0713 e. The molecule has 0 radical (unpaired) electrons. The zero-order valence-electron chi connectivity index (χ0n) is 11.2. The van der Waals surface area contributed by atoms with Crippen LogP contribution in [0.2, 0.25) is 0 Å². The number of anilines is 1. The second-order valence-corrected chi connectivity index (χ2v) is 4.33. The van der Waals surface area contributed by atoms with Crippen molar-refractivity contribution in [3.8, 4) is 0 Å². The molecule has 0 atom stereocenters. The fourth-order valence-electron chi connectivity index (χ4n) is 1.87. The molecule has 19 heavy (non-hydrogen) atoms. The highest BCUT2D eigenvalue weighted by Crippen LogP contribution is 2.11. The normalized spacial score (nSPS) is 10.8. The molecule has 0 unspecified atom stereocenters. The molecule has 0 fully saturated rings. The summed E-state index contributed by atoms with van der Waals surface area (Å²) < 4.78 is 5.12. The topological polar surface area (TPSA) is 21.3 Å². The van der Waals surface area contributed by atoms with Gasteiger partial charge in [-0.1, -0.05) is 54.6 Å².